The molecule has 2 heterocycles. The largest absolute Gasteiger partial charge is 0.494 e. The van der Waals surface area contributed by atoms with Crippen LogP contribution in [0.15, 0.2) is 35.1 Å². The second-order valence-electron chi connectivity index (χ2n) is 5.34. The Kier molecular flexibility index (Phi) is 5.11. The summed E-state index contributed by atoms with van der Waals surface area (Å²) in [7, 11) is 1.32. The van der Waals surface area contributed by atoms with Gasteiger partial charge in [-0.3, -0.25) is 4.68 Å². The molecule has 0 unspecified atom stereocenters. The van der Waals surface area contributed by atoms with Gasteiger partial charge in [0.1, 0.15) is 0 Å². The van der Waals surface area contributed by atoms with Gasteiger partial charge >= 0.3 is 5.97 Å². The van der Waals surface area contributed by atoms with Gasteiger partial charge in [-0.1, -0.05) is 10.4 Å². The molecule has 0 fully saturated rings. The van der Waals surface area contributed by atoms with Crippen molar-refractivity contribution in [3.05, 3.63) is 42.0 Å². The number of nitrogens with zero attached hydrogens (tertiary/aromatic N) is 4. The molecule has 2 N–H and O–H groups in total. The number of aryl methyl sites for hydroxylation is 1. The molecule has 9 nitrogen and oxygen atoms in total. The van der Waals surface area contributed by atoms with Gasteiger partial charge in [-0.15, -0.1) is 5.10 Å². The number of carboxylic acids is 1. The summed E-state index contributed by atoms with van der Waals surface area (Å²) in [5, 5.41) is 23.8. The summed E-state index contributed by atoms with van der Waals surface area (Å²) >= 11 is 0. The van der Waals surface area contributed by atoms with E-state index in [0.29, 0.717) is 25.1 Å². The number of nitrogens with one attached hydrogen (secondary N) is 1. The molecule has 0 aliphatic rings. The van der Waals surface area contributed by atoms with Gasteiger partial charge in [0.25, 0.3) is 0 Å². The fourth-order valence-corrected chi connectivity index (χ4v) is 2.41. The predicted molar refractivity (Wildman–Crippen MR) is 88.5 cm³/mol. The van der Waals surface area contributed by atoms with Crippen LogP contribution in [-0.4, -0.2) is 44.9 Å². The van der Waals surface area contributed by atoms with Gasteiger partial charge < -0.3 is 19.7 Å². The van der Waals surface area contributed by atoms with E-state index in [9.17, 15) is 14.3 Å². The summed E-state index contributed by atoms with van der Waals surface area (Å²) in [4.78, 5) is 11.7. The van der Waals surface area contributed by atoms with Crippen molar-refractivity contribution in [3.63, 3.8) is 0 Å². The van der Waals surface area contributed by atoms with Crippen molar-refractivity contribution in [2.24, 2.45) is 0 Å². The van der Waals surface area contributed by atoms with Gasteiger partial charge in [-0.2, -0.15) is 0 Å². The van der Waals surface area contributed by atoms with Crippen LogP contribution in [-0.2, 0) is 6.54 Å². The van der Waals surface area contributed by atoms with E-state index in [1.54, 1.807) is 17.1 Å². The molecule has 136 valence electrons. The number of ether oxygens (including phenoxy) is 1. The fraction of sp³-hybridized carbons (Fsp3) is 0.250. The van der Waals surface area contributed by atoms with Gasteiger partial charge in [0, 0.05) is 24.8 Å². The molecule has 0 saturated heterocycles. The zero-order valence-electron chi connectivity index (χ0n) is 13.8. The highest BCUT2D eigenvalue weighted by Gasteiger charge is 2.24. The summed E-state index contributed by atoms with van der Waals surface area (Å²) in [6.45, 7) is 1.08. The van der Waals surface area contributed by atoms with Gasteiger partial charge in [-0.25, -0.2) is 9.18 Å². The molecule has 0 amide bonds. The predicted octanol–water partition coefficient (Wildman–Crippen LogP) is 2.28. The third kappa shape index (κ3) is 3.63. The third-order valence-corrected chi connectivity index (χ3v) is 3.65. The van der Waals surface area contributed by atoms with Crippen LogP contribution in [0.1, 0.15) is 16.8 Å². The lowest BCUT2D eigenvalue weighted by Gasteiger charge is -2.05. The quantitative estimate of drug-likeness (QED) is 0.587. The second kappa shape index (κ2) is 7.64. The molecule has 26 heavy (non-hydrogen) atoms. The Morgan fingerprint density at radius 1 is 1.46 bits per heavy atom. The number of carbonyl (C=O) groups is 1. The van der Waals surface area contributed by atoms with Crippen molar-refractivity contribution >= 4 is 11.8 Å². The molecule has 3 rings (SSSR count). The first-order valence-corrected chi connectivity index (χ1v) is 7.75. The van der Waals surface area contributed by atoms with E-state index < -0.39 is 11.8 Å². The molecular formula is C16H16FN5O4. The maximum absolute atomic E-state index is 13.6. The zero-order chi connectivity index (χ0) is 18.5. The van der Waals surface area contributed by atoms with Gasteiger partial charge in [0.2, 0.25) is 0 Å². The van der Waals surface area contributed by atoms with Gasteiger partial charge in [0.05, 0.1) is 13.3 Å². The first-order chi connectivity index (χ1) is 12.6. The summed E-state index contributed by atoms with van der Waals surface area (Å²) in [6, 6.07) is 3.93. The maximum atomic E-state index is 13.6. The van der Waals surface area contributed by atoms with Gasteiger partial charge in [0.15, 0.2) is 28.7 Å². The van der Waals surface area contributed by atoms with Crippen LogP contribution in [0.3, 0.4) is 0 Å². The van der Waals surface area contributed by atoms with E-state index >= 15 is 0 Å². The lowest BCUT2D eigenvalue weighted by atomic mass is 10.1. The third-order valence-electron chi connectivity index (χ3n) is 3.65. The van der Waals surface area contributed by atoms with Crippen molar-refractivity contribution in [3.8, 4) is 17.1 Å². The normalized spacial score (nSPS) is 10.7. The lowest BCUT2D eigenvalue weighted by Crippen LogP contribution is -2.10. The van der Waals surface area contributed by atoms with Crippen molar-refractivity contribution in [1.82, 2.24) is 20.2 Å². The average Bonchev–Trinajstić information content (AvgIpc) is 3.29. The van der Waals surface area contributed by atoms with E-state index in [1.165, 1.54) is 25.3 Å². The maximum Gasteiger partial charge on any atom is 0.343 e. The first-order valence-electron chi connectivity index (χ1n) is 7.75. The number of aromatic carboxylic acids is 1. The highest BCUT2D eigenvalue weighted by atomic mass is 19.1. The van der Waals surface area contributed by atoms with Crippen LogP contribution < -0.4 is 10.1 Å². The first kappa shape index (κ1) is 17.4. The van der Waals surface area contributed by atoms with Crippen LogP contribution >= 0.6 is 0 Å². The molecule has 0 spiro atoms. The molecule has 3 aromatic rings. The number of benzene rings is 1. The molecule has 0 atom stereocenters. The minimum absolute atomic E-state index is 0.0161. The number of anilines is 1. The van der Waals surface area contributed by atoms with Crippen molar-refractivity contribution in [2.45, 2.75) is 13.0 Å². The van der Waals surface area contributed by atoms with E-state index in [2.05, 4.69) is 20.8 Å². The summed E-state index contributed by atoms with van der Waals surface area (Å²) < 4.78 is 25.3. The Morgan fingerprint density at radius 2 is 2.31 bits per heavy atom. The molecule has 0 radical (unpaired) electrons. The monoisotopic (exact) mass is 361 g/mol. The van der Waals surface area contributed by atoms with Crippen molar-refractivity contribution in [2.75, 3.05) is 19.0 Å². The molecular weight excluding hydrogens is 345 g/mol. The number of halogens is 1. The van der Waals surface area contributed by atoms with E-state index in [-0.39, 0.29) is 22.9 Å². The number of hydrogen-bond acceptors (Lipinski definition) is 7. The smallest absolute Gasteiger partial charge is 0.343 e. The fourth-order valence-electron chi connectivity index (χ4n) is 2.41. The Labute approximate surface area is 147 Å². The highest BCUT2D eigenvalue weighted by molar-refractivity contribution is 5.99. The molecule has 0 bridgehead atoms. The Hall–Kier alpha value is -3.43. The minimum atomic E-state index is -1.21. The molecule has 0 aliphatic heterocycles. The average molecular weight is 361 g/mol. The highest BCUT2D eigenvalue weighted by Crippen LogP contribution is 2.32. The van der Waals surface area contributed by atoms with Crippen LogP contribution in [0.2, 0.25) is 0 Å². The SMILES string of the molecule is COc1cc(-c2onc(NCCCn3ccnn3)c2C(=O)O)ccc1F. The van der Waals surface area contributed by atoms with E-state index in [1.807, 2.05) is 0 Å². The number of carboxylic acid groups (broad SMARTS) is 1. The number of methoxy groups -OCH3 is 1. The van der Waals surface area contributed by atoms with Crippen molar-refractivity contribution < 1.29 is 23.6 Å². The minimum Gasteiger partial charge on any atom is -0.494 e. The van der Waals surface area contributed by atoms with Crippen LogP contribution in [0.25, 0.3) is 11.3 Å². The van der Waals surface area contributed by atoms with E-state index in [0.717, 1.165) is 0 Å². The number of hydrogen-bond donors (Lipinski definition) is 2. The molecule has 0 saturated carbocycles. The molecule has 2 aromatic heterocycles. The topological polar surface area (TPSA) is 115 Å². The Morgan fingerprint density at radius 3 is 3.00 bits per heavy atom. The van der Waals surface area contributed by atoms with E-state index in [4.69, 9.17) is 9.26 Å². The molecule has 1 aromatic carbocycles. The zero-order valence-corrected chi connectivity index (χ0v) is 13.8. The van der Waals surface area contributed by atoms with Crippen LogP contribution in [0.5, 0.6) is 5.75 Å². The molecule has 10 heteroatoms. The Bertz CT molecular complexity index is 894. The standard InChI is InChI=1S/C16H16FN5O4/c1-25-12-9-10(3-4-11(12)17)14-13(16(23)24)15(20-26-14)18-5-2-7-22-8-6-19-21-22/h3-4,6,8-9H,2,5,7H2,1H3,(H,18,20)(H,23,24). The van der Waals surface area contributed by atoms with Crippen LogP contribution in [0.4, 0.5) is 10.2 Å². The number of aromatic nitrogens is 4. The van der Waals surface area contributed by atoms with Gasteiger partial charge in [-0.05, 0) is 24.6 Å². The molecule has 0 aliphatic carbocycles. The number of rotatable bonds is 8. The summed E-state index contributed by atoms with van der Waals surface area (Å²) in [6.07, 6.45) is 3.99. The summed E-state index contributed by atoms with van der Waals surface area (Å²) in [5.41, 5.74) is 0.225. The Balaban J connectivity index is 1.76. The van der Waals surface area contributed by atoms with Crippen LogP contribution in [0, 0.1) is 5.82 Å². The second-order valence-corrected chi connectivity index (χ2v) is 5.34. The lowest BCUT2D eigenvalue weighted by molar-refractivity contribution is 0.0698. The summed E-state index contributed by atoms with van der Waals surface area (Å²) in [5.74, 6) is -1.65. The van der Waals surface area contributed by atoms with Crippen molar-refractivity contribution in [1.29, 1.82) is 0 Å².